The normalized spacial score (nSPS) is 15.5. The average molecular weight is 316 g/mol. The molecule has 114 valence electrons. The van der Waals surface area contributed by atoms with Crippen molar-refractivity contribution in [3.63, 3.8) is 0 Å². The second-order valence-electron chi connectivity index (χ2n) is 5.61. The summed E-state index contributed by atoms with van der Waals surface area (Å²) in [6.07, 6.45) is 8.94. The second-order valence-corrected chi connectivity index (χ2v) is 6.05. The molecule has 1 aliphatic rings. The van der Waals surface area contributed by atoms with E-state index < -0.39 is 0 Å². The van der Waals surface area contributed by atoms with E-state index in [0.717, 1.165) is 18.4 Å². The van der Waals surface area contributed by atoms with Gasteiger partial charge >= 0.3 is 0 Å². The molecule has 1 amide bonds. The number of benzene rings is 1. The first kappa shape index (κ1) is 15.0. The molecule has 3 rings (SSSR count). The zero-order valence-corrected chi connectivity index (χ0v) is 13.0. The van der Waals surface area contributed by atoms with E-state index in [1.165, 1.54) is 19.3 Å². The van der Waals surface area contributed by atoms with Crippen molar-refractivity contribution in [3.8, 4) is 11.4 Å². The van der Waals surface area contributed by atoms with Gasteiger partial charge in [0.2, 0.25) is 0 Å². The molecule has 0 bridgehead atoms. The van der Waals surface area contributed by atoms with Gasteiger partial charge in [0.15, 0.2) is 5.82 Å². The van der Waals surface area contributed by atoms with E-state index in [0.29, 0.717) is 16.4 Å². The van der Waals surface area contributed by atoms with Gasteiger partial charge in [0.25, 0.3) is 5.91 Å². The van der Waals surface area contributed by atoms with Crippen molar-refractivity contribution in [3.05, 3.63) is 47.2 Å². The van der Waals surface area contributed by atoms with Gasteiger partial charge in [0, 0.05) is 29.0 Å². The third kappa shape index (κ3) is 3.63. The minimum atomic E-state index is -0.0884. The average Bonchev–Trinajstić information content (AvgIpc) is 2.57. The quantitative estimate of drug-likeness (QED) is 0.935. The van der Waals surface area contributed by atoms with Crippen LogP contribution in [0.2, 0.25) is 5.02 Å². The van der Waals surface area contributed by atoms with Gasteiger partial charge in [-0.15, -0.1) is 0 Å². The van der Waals surface area contributed by atoms with E-state index in [-0.39, 0.29) is 11.9 Å². The fourth-order valence-corrected chi connectivity index (χ4v) is 2.83. The first-order chi connectivity index (χ1) is 10.7. The monoisotopic (exact) mass is 315 g/mol. The van der Waals surface area contributed by atoms with Crippen molar-refractivity contribution >= 4 is 17.5 Å². The first-order valence-corrected chi connectivity index (χ1v) is 7.99. The van der Waals surface area contributed by atoms with Gasteiger partial charge in [0.1, 0.15) is 0 Å². The van der Waals surface area contributed by atoms with Gasteiger partial charge in [-0.2, -0.15) is 0 Å². The van der Waals surface area contributed by atoms with Gasteiger partial charge < -0.3 is 5.32 Å². The number of halogens is 1. The van der Waals surface area contributed by atoms with Crippen LogP contribution in [0.4, 0.5) is 0 Å². The molecule has 2 aromatic rings. The highest BCUT2D eigenvalue weighted by Gasteiger charge is 2.17. The molecule has 1 N–H and O–H groups in total. The second kappa shape index (κ2) is 6.88. The lowest BCUT2D eigenvalue weighted by atomic mass is 9.95. The Bertz CT molecular complexity index is 634. The van der Waals surface area contributed by atoms with Crippen molar-refractivity contribution in [1.82, 2.24) is 15.3 Å². The third-order valence-electron chi connectivity index (χ3n) is 3.96. The zero-order valence-electron chi connectivity index (χ0n) is 12.3. The van der Waals surface area contributed by atoms with E-state index in [4.69, 9.17) is 11.6 Å². The molecule has 0 aliphatic heterocycles. The molecule has 1 aromatic heterocycles. The molecule has 1 fully saturated rings. The molecule has 22 heavy (non-hydrogen) atoms. The van der Waals surface area contributed by atoms with Crippen LogP contribution in [-0.4, -0.2) is 21.9 Å². The number of amides is 1. The topological polar surface area (TPSA) is 54.9 Å². The van der Waals surface area contributed by atoms with Crippen LogP contribution in [0, 0.1) is 0 Å². The first-order valence-electron chi connectivity index (χ1n) is 7.61. The summed E-state index contributed by atoms with van der Waals surface area (Å²) >= 11 is 5.86. The summed E-state index contributed by atoms with van der Waals surface area (Å²) in [5.74, 6) is 0.500. The van der Waals surface area contributed by atoms with E-state index in [1.54, 1.807) is 24.5 Å². The Morgan fingerprint density at radius 1 is 1.05 bits per heavy atom. The summed E-state index contributed by atoms with van der Waals surface area (Å²) in [7, 11) is 0. The van der Waals surface area contributed by atoms with Crippen LogP contribution in [0.5, 0.6) is 0 Å². The van der Waals surface area contributed by atoms with Gasteiger partial charge in [-0.25, -0.2) is 9.97 Å². The number of nitrogens with one attached hydrogen (secondary N) is 1. The van der Waals surface area contributed by atoms with E-state index in [9.17, 15) is 4.79 Å². The predicted octanol–water partition coefficient (Wildman–Crippen LogP) is 3.86. The number of hydrogen-bond donors (Lipinski definition) is 1. The van der Waals surface area contributed by atoms with E-state index >= 15 is 0 Å². The van der Waals surface area contributed by atoms with Crippen molar-refractivity contribution in [2.45, 2.75) is 38.1 Å². The molecule has 0 unspecified atom stereocenters. The highest BCUT2D eigenvalue weighted by molar-refractivity contribution is 6.30. The van der Waals surface area contributed by atoms with Gasteiger partial charge in [-0.1, -0.05) is 30.9 Å². The smallest absolute Gasteiger partial charge is 0.254 e. The van der Waals surface area contributed by atoms with Crippen molar-refractivity contribution in [2.24, 2.45) is 0 Å². The molecule has 1 aromatic carbocycles. The van der Waals surface area contributed by atoms with Crippen molar-refractivity contribution < 1.29 is 4.79 Å². The Morgan fingerprint density at radius 3 is 2.32 bits per heavy atom. The van der Waals surface area contributed by atoms with Crippen LogP contribution >= 0.6 is 11.6 Å². The Hall–Kier alpha value is -1.94. The van der Waals surface area contributed by atoms with Crippen LogP contribution < -0.4 is 5.32 Å². The predicted molar refractivity (Wildman–Crippen MR) is 86.8 cm³/mol. The fourth-order valence-electron chi connectivity index (χ4n) is 2.71. The molecule has 4 nitrogen and oxygen atoms in total. The summed E-state index contributed by atoms with van der Waals surface area (Å²) in [5.41, 5.74) is 1.38. The lowest BCUT2D eigenvalue weighted by Crippen LogP contribution is -2.36. The van der Waals surface area contributed by atoms with Gasteiger partial charge in [-0.05, 0) is 37.1 Å². The Balaban J connectivity index is 1.68. The molecule has 5 heteroatoms. The summed E-state index contributed by atoms with van der Waals surface area (Å²) < 4.78 is 0. The van der Waals surface area contributed by atoms with E-state index in [1.807, 2.05) is 12.1 Å². The summed E-state index contributed by atoms with van der Waals surface area (Å²) in [6, 6.07) is 7.60. The maximum Gasteiger partial charge on any atom is 0.254 e. The number of hydrogen-bond acceptors (Lipinski definition) is 3. The Labute approximate surface area is 134 Å². The number of nitrogens with zero attached hydrogens (tertiary/aromatic N) is 2. The molecular formula is C17H18ClN3O. The molecule has 1 saturated carbocycles. The largest absolute Gasteiger partial charge is 0.349 e. The molecule has 1 heterocycles. The lowest BCUT2D eigenvalue weighted by molar-refractivity contribution is 0.0927. The van der Waals surface area contributed by atoms with Gasteiger partial charge in [-0.3, -0.25) is 4.79 Å². The molecule has 0 spiro atoms. The minimum Gasteiger partial charge on any atom is -0.349 e. The molecule has 1 aliphatic carbocycles. The van der Waals surface area contributed by atoms with Crippen LogP contribution in [0.15, 0.2) is 36.7 Å². The maximum absolute atomic E-state index is 12.2. The third-order valence-corrected chi connectivity index (χ3v) is 4.21. The number of carbonyl (C=O) groups excluding carboxylic acids is 1. The number of aromatic nitrogens is 2. The maximum atomic E-state index is 12.2. The number of rotatable bonds is 3. The zero-order chi connectivity index (χ0) is 15.4. The standard InChI is InChI=1S/C17H18ClN3O/c18-14-8-6-12(7-9-14)16-19-10-13(11-20-16)17(22)21-15-4-2-1-3-5-15/h6-11,15H,1-5H2,(H,21,22). The fraction of sp³-hybridized carbons (Fsp3) is 0.353. The van der Waals surface area contributed by atoms with Crippen LogP contribution in [0.3, 0.4) is 0 Å². The van der Waals surface area contributed by atoms with Crippen LogP contribution in [-0.2, 0) is 0 Å². The van der Waals surface area contributed by atoms with Crippen molar-refractivity contribution in [2.75, 3.05) is 0 Å². The Kier molecular flexibility index (Phi) is 4.68. The highest BCUT2D eigenvalue weighted by Crippen LogP contribution is 2.19. The molecule has 0 radical (unpaired) electrons. The summed E-state index contributed by atoms with van der Waals surface area (Å²) in [5, 5.41) is 3.74. The minimum absolute atomic E-state index is 0.0884. The number of carbonyl (C=O) groups is 1. The Morgan fingerprint density at radius 2 is 1.68 bits per heavy atom. The van der Waals surface area contributed by atoms with Crippen LogP contribution in [0.25, 0.3) is 11.4 Å². The van der Waals surface area contributed by atoms with Crippen LogP contribution in [0.1, 0.15) is 42.5 Å². The van der Waals surface area contributed by atoms with Crippen molar-refractivity contribution in [1.29, 1.82) is 0 Å². The summed E-state index contributed by atoms with van der Waals surface area (Å²) in [6.45, 7) is 0. The van der Waals surface area contributed by atoms with Gasteiger partial charge in [0.05, 0.1) is 5.56 Å². The highest BCUT2D eigenvalue weighted by atomic mass is 35.5. The SMILES string of the molecule is O=C(NC1CCCCC1)c1cnc(-c2ccc(Cl)cc2)nc1. The van der Waals surface area contributed by atoms with E-state index in [2.05, 4.69) is 15.3 Å². The molecule has 0 saturated heterocycles. The summed E-state index contributed by atoms with van der Waals surface area (Å²) in [4.78, 5) is 20.8. The molecular weight excluding hydrogens is 298 g/mol. The molecule has 0 atom stereocenters. The lowest BCUT2D eigenvalue weighted by Gasteiger charge is -2.22.